The number of para-hydroxylation sites is 1. The first-order chi connectivity index (χ1) is 12.4. The van der Waals surface area contributed by atoms with Crippen molar-refractivity contribution in [1.29, 1.82) is 0 Å². The normalized spacial score (nSPS) is 10.2. The molecule has 2 aromatic rings. The summed E-state index contributed by atoms with van der Waals surface area (Å²) in [6.07, 6.45) is 0. The highest BCUT2D eigenvalue weighted by Crippen LogP contribution is 2.34. The van der Waals surface area contributed by atoms with E-state index in [2.05, 4.69) is 5.32 Å². The molecule has 0 aliphatic rings. The van der Waals surface area contributed by atoms with Crippen LogP contribution in [0.1, 0.15) is 6.92 Å². The number of hydrogen-bond acceptors (Lipinski definition) is 4. The molecule has 0 aliphatic carbocycles. The number of amides is 2. The second-order valence-electron chi connectivity index (χ2n) is 5.29. The summed E-state index contributed by atoms with van der Waals surface area (Å²) in [5.74, 6) is 0.243. The quantitative estimate of drug-likeness (QED) is 0.800. The molecule has 0 saturated carbocycles. The molecule has 2 aromatic carbocycles. The van der Waals surface area contributed by atoms with E-state index in [1.807, 2.05) is 0 Å². The molecular weight excluding hydrogens is 379 g/mol. The van der Waals surface area contributed by atoms with Crippen LogP contribution < -0.4 is 19.7 Å². The van der Waals surface area contributed by atoms with Crippen molar-refractivity contribution in [1.82, 2.24) is 0 Å². The number of carbonyl (C=O) groups is 2. The highest BCUT2D eigenvalue weighted by Gasteiger charge is 2.21. The van der Waals surface area contributed by atoms with Crippen LogP contribution in [-0.2, 0) is 9.59 Å². The predicted octanol–water partition coefficient (Wildman–Crippen LogP) is 4.00. The van der Waals surface area contributed by atoms with Gasteiger partial charge in [-0.1, -0.05) is 29.3 Å². The third kappa shape index (κ3) is 4.59. The molecule has 0 bridgehead atoms. The lowest BCUT2D eigenvalue weighted by atomic mass is 10.2. The summed E-state index contributed by atoms with van der Waals surface area (Å²) in [5, 5.41) is 3.28. The van der Waals surface area contributed by atoms with Gasteiger partial charge in [0.05, 0.1) is 30.0 Å². The Morgan fingerprint density at radius 2 is 1.65 bits per heavy atom. The number of rotatable bonds is 6. The Balaban J connectivity index is 2.20. The number of halogens is 2. The Morgan fingerprint density at radius 3 is 2.19 bits per heavy atom. The molecule has 8 heteroatoms. The standard InChI is InChI=1S/C18H18Cl2N2O4/c1-11(23)22(18-13(19)5-4-6-14(18)20)10-17(24)21-12-7-8-15(25-2)16(9-12)26-3/h4-9H,10H2,1-3H3,(H,21,24). The molecule has 1 N–H and O–H groups in total. The number of anilines is 2. The third-order valence-corrected chi connectivity index (χ3v) is 4.17. The van der Waals surface area contributed by atoms with Crippen molar-refractivity contribution in [3.8, 4) is 11.5 Å². The van der Waals surface area contributed by atoms with Crippen LogP contribution >= 0.6 is 23.2 Å². The fourth-order valence-corrected chi connectivity index (χ4v) is 2.95. The van der Waals surface area contributed by atoms with Crippen LogP contribution in [0.2, 0.25) is 10.0 Å². The average molecular weight is 397 g/mol. The Hall–Kier alpha value is -2.44. The predicted molar refractivity (Wildman–Crippen MR) is 103 cm³/mol. The number of nitrogens with one attached hydrogen (secondary N) is 1. The van der Waals surface area contributed by atoms with E-state index >= 15 is 0 Å². The molecule has 0 saturated heterocycles. The van der Waals surface area contributed by atoms with E-state index in [0.717, 1.165) is 0 Å². The largest absolute Gasteiger partial charge is 0.493 e. The first-order valence-electron chi connectivity index (χ1n) is 7.61. The number of benzene rings is 2. The van der Waals surface area contributed by atoms with Gasteiger partial charge in [-0.05, 0) is 24.3 Å². The van der Waals surface area contributed by atoms with E-state index in [9.17, 15) is 9.59 Å². The van der Waals surface area contributed by atoms with Gasteiger partial charge < -0.3 is 19.7 Å². The second-order valence-corrected chi connectivity index (χ2v) is 6.11. The van der Waals surface area contributed by atoms with Crippen LogP contribution in [0.4, 0.5) is 11.4 Å². The molecule has 2 amide bonds. The van der Waals surface area contributed by atoms with Crippen LogP contribution in [-0.4, -0.2) is 32.6 Å². The zero-order chi connectivity index (χ0) is 19.3. The summed E-state index contributed by atoms with van der Waals surface area (Å²) < 4.78 is 10.4. The van der Waals surface area contributed by atoms with Gasteiger partial charge in [0.2, 0.25) is 11.8 Å². The first kappa shape index (κ1) is 19.9. The molecule has 0 radical (unpaired) electrons. The molecule has 0 spiro atoms. The lowest BCUT2D eigenvalue weighted by Gasteiger charge is -2.23. The van der Waals surface area contributed by atoms with Gasteiger partial charge in [0, 0.05) is 18.7 Å². The maximum Gasteiger partial charge on any atom is 0.244 e. The maximum absolute atomic E-state index is 12.4. The monoisotopic (exact) mass is 396 g/mol. The van der Waals surface area contributed by atoms with Crippen LogP contribution in [0, 0.1) is 0 Å². The highest BCUT2D eigenvalue weighted by molar-refractivity contribution is 6.40. The number of hydrogen-bond donors (Lipinski definition) is 1. The molecule has 0 aromatic heterocycles. The molecule has 6 nitrogen and oxygen atoms in total. The zero-order valence-electron chi connectivity index (χ0n) is 14.5. The molecule has 138 valence electrons. The summed E-state index contributed by atoms with van der Waals surface area (Å²) in [7, 11) is 3.02. The Bertz CT molecular complexity index is 807. The molecule has 0 fully saturated rings. The van der Waals surface area contributed by atoms with Crippen molar-refractivity contribution in [2.24, 2.45) is 0 Å². The van der Waals surface area contributed by atoms with Gasteiger partial charge in [-0.3, -0.25) is 9.59 Å². The lowest BCUT2D eigenvalue weighted by molar-refractivity contribution is -0.120. The summed E-state index contributed by atoms with van der Waals surface area (Å²) in [5.41, 5.74) is 0.798. The molecule has 0 unspecified atom stereocenters. The SMILES string of the molecule is COc1ccc(NC(=O)CN(C(C)=O)c2c(Cl)cccc2Cl)cc1OC. The van der Waals surface area contributed by atoms with E-state index in [1.54, 1.807) is 36.4 Å². The third-order valence-electron chi connectivity index (χ3n) is 3.56. The average Bonchev–Trinajstić information content (AvgIpc) is 2.60. The highest BCUT2D eigenvalue weighted by atomic mass is 35.5. The van der Waals surface area contributed by atoms with Crippen LogP contribution in [0.3, 0.4) is 0 Å². The molecule has 2 rings (SSSR count). The van der Waals surface area contributed by atoms with E-state index in [-0.39, 0.29) is 22.5 Å². The van der Waals surface area contributed by atoms with Crippen molar-refractivity contribution >= 4 is 46.4 Å². The van der Waals surface area contributed by atoms with Crippen LogP contribution in [0.25, 0.3) is 0 Å². The van der Waals surface area contributed by atoms with Gasteiger partial charge >= 0.3 is 0 Å². The second kappa shape index (κ2) is 8.78. The van der Waals surface area contributed by atoms with E-state index < -0.39 is 5.91 Å². The van der Waals surface area contributed by atoms with Gasteiger partial charge in [-0.15, -0.1) is 0 Å². The maximum atomic E-state index is 12.4. The number of ether oxygens (including phenoxy) is 2. The number of methoxy groups -OCH3 is 2. The summed E-state index contributed by atoms with van der Waals surface area (Å²) in [4.78, 5) is 25.6. The van der Waals surface area contributed by atoms with Crippen molar-refractivity contribution in [3.05, 3.63) is 46.4 Å². The molecule has 0 aliphatic heterocycles. The summed E-state index contributed by atoms with van der Waals surface area (Å²) >= 11 is 12.3. The van der Waals surface area contributed by atoms with Gasteiger partial charge in [-0.25, -0.2) is 0 Å². The fraction of sp³-hybridized carbons (Fsp3) is 0.222. The minimum atomic E-state index is -0.414. The number of nitrogens with zero attached hydrogens (tertiary/aromatic N) is 1. The lowest BCUT2D eigenvalue weighted by Crippen LogP contribution is -2.37. The molecule has 26 heavy (non-hydrogen) atoms. The topological polar surface area (TPSA) is 67.9 Å². The number of carbonyl (C=O) groups excluding carboxylic acids is 2. The smallest absolute Gasteiger partial charge is 0.244 e. The summed E-state index contributed by atoms with van der Waals surface area (Å²) in [6, 6.07) is 9.82. The van der Waals surface area contributed by atoms with Crippen LogP contribution in [0.15, 0.2) is 36.4 Å². The minimum absolute atomic E-state index is 0.243. The van der Waals surface area contributed by atoms with Crippen molar-refractivity contribution in [3.63, 3.8) is 0 Å². The van der Waals surface area contributed by atoms with Crippen LogP contribution in [0.5, 0.6) is 11.5 Å². The van der Waals surface area contributed by atoms with Crippen molar-refractivity contribution in [2.45, 2.75) is 6.92 Å². The minimum Gasteiger partial charge on any atom is -0.493 e. The first-order valence-corrected chi connectivity index (χ1v) is 8.37. The van der Waals surface area contributed by atoms with Gasteiger partial charge in [0.25, 0.3) is 0 Å². The zero-order valence-corrected chi connectivity index (χ0v) is 16.0. The molecule has 0 atom stereocenters. The van der Waals surface area contributed by atoms with Gasteiger partial charge in [0.1, 0.15) is 6.54 Å². The summed E-state index contributed by atoms with van der Waals surface area (Å²) in [6.45, 7) is 1.09. The van der Waals surface area contributed by atoms with Gasteiger partial charge in [-0.2, -0.15) is 0 Å². The molecule has 0 heterocycles. The fourth-order valence-electron chi connectivity index (χ4n) is 2.35. The Morgan fingerprint density at radius 1 is 1.04 bits per heavy atom. The van der Waals surface area contributed by atoms with Crippen molar-refractivity contribution < 1.29 is 19.1 Å². The molecular formula is C18H18Cl2N2O4. The van der Waals surface area contributed by atoms with Crippen molar-refractivity contribution in [2.75, 3.05) is 31.0 Å². The van der Waals surface area contributed by atoms with Gasteiger partial charge in [0.15, 0.2) is 11.5 Å². The Labute approximate surface area is 161 Å². The Kier molecular flexibility index (Phi) is 6.71. The van der Waals surface area contributed by atoms with E-state index in [1.165, 1.54) is 26.0 Å². The van der Waals surface area contributed by atoms with E-state index in [4.69, 9.17) is 32.7 Å². The van der Waals surface area contributed by atoms with E-state index in [0.29, 0.717) is 22.9 Å².